The number of nitrogens with zero attached hydrogens (tertiary/aromatic N) is 2. The normalized spacial score (nSPS) is 40.3. The molecular formula is C12H22N2. The van der Waals surface area contributed by atoms with E-state index in [9.17, 15) is 0 Å². The van der Waals surface area contributed by atoms with Gasteiger partial charge in [-0.25, -0.2) is 0 Å². The molecule has 0 saturated carbocycles. The highest BCUT2D eigenvalue weighted by atomic mass is 15.4. The summed E-state index contributed by atoms with van der Waals surface area (Å²) in [6.07, 6.45) is 10.3. The maximum absolute atomic E-state index is 2.74. The zero-order valence-corrected chi connectivity index (χ0v) is 9.12. The van der Waals surface area contributed by atoms with Crippen molar-refractivity contribution < 1.29 is 0 Å². The molecule has 3 saturated heterocycles. The maximum Gasteiger partial charge on any atom is 0.0511 e. The summed E-state index contributed by atoms with van der Waals surface area (Å²) in [5.74, 6) is 0. The van der Waals surface area contributed by atoms with Gasteiger partial charge in [0, 0.05) is 12.1 Å². The Morgan fingerprint density at radius 1 is 0.714 bits per heavy atom. The molecule has 2 heteroatoms. The second kappa shape index (κ2) is 3.82. The molecule has 14 heavy (non-hydrogen) atoms. The van der Waals surface area contributed by atoms with E-state index in [-0.39, 0.29) is 0 Å². The summed E-state index contributed by atoms with van der Waals surface area (Å²) in [7, 11) is 0. The molecule has 3 aliphatic heterocycles. The highest BCUT2D eigenvalue weighted by molar-refractivity contribution is 4.90. The molecule has 0 radical (unpaired) electrons. The molecule has 3 rings (SSSR count). The first kappa shape index (κ1) is 9.17. The molecule has 0 aromatic rings. The lowest BCUT2D eigenvalue weighted by Crippen LogP contribution is -2.57. The van der Waals surface area contributed by atoms with Crippen molar-refractivity contribution in [2.45, 2.75) is 57.0 Å². The van der Waals surface area contributed by atoms with Crippen LogP contribution in [0.4, 0.5) is 0 Å². The minimum absolute atomic E-state index is 0.947. The van der Waals surface area contributed by atoms with Crippen LogP contribution < -0.4 is 0 Å². The SMILES string of the molecule is C1CCN2CN3CCCC[C@H]3C[C@@H]2C1. The number of hydrogen-bond acceptors (Lipinski definition) is 2. The average Bonchev–Trinajstić information content (AvgIpc) is 2.26. The van der Waals surface area contributed by atoms with Crippen molar-refractivity contribution in [3.63, 3.8) is 0 Å². The Morgan fingerprint density at radius 2 is 1.29 bits per heavy atom. The van der Waals surface area contributed by atoms with E-state index >= 15 is 0 Å². The second-order valence-corrected chi connectivity index (χ2v) is 5.30. The fraction of sp³-hybridized carbons (Fsp3) is 1.00. The first-order valence-corrected chi connectivity index (χ1v) is 6.41. The van der Waals surface area contributed by atoms with Crippen molar-refractivity contribution in [1.29, 1.82) is 0 Å². The molecule has 2 atom stereocenters. The zero-order chi connectivity index (χ0) is 9.38. The van der Waals surface area contributed by atoms with Gasteiger partial charge in [0.25, 0.3) is 0 Å². The van der Waals surface area contributed by atoms with Crippen LogP contribution in [0.2, 0.25) is 0 Å². The summed E-state index contributed by atoms with van der Waals surface area (Å²) in [5.41, 5.74) is 0. The standard InChI is InChI=1S/C12H22N2/c1-3-7-13-10-14-8-4-2-6-12(14)9-11(13)5-1/h11-12H,1-10H2/t11-,12-/m0/s1. The van der Waals surface area contributed by atoms with Gasteiger partial charge < -0.3 is 0 Å². The third-order valence-corrected chi connectivity index (χ3v) is 4.41. The molecule has 3 fully saturated rings. The smallest absolute Gasteiger partial charge is 0.0511 e. The monoisotopic (exact) mass is 194 g/mol. The number of hydrogen-bond donors (Lipinski definition) is 0. The maximum atomic E-state index is 2.74. The number of rotatable bonds is 0. The zero-order valence-electron chi connectivity index (χ0n) is 9.12. The predicted octanol–water partition coefficient (Wildman–Crippen LogP) is 2.06. The molecule has 3 heterocycles. The molecule has 80 valence electrons. The van der Waals surface area contributed by atoms with Gasteiger partial charge in [-0.15, -0.1) is 0 Å². The first-order valence-electron chi connectivity index (χ1n) is 6.41. The average molecular weight is 194 g/mol. The molecule has 3 aliphatic rings. The van der Waals surface area contributed by atoms with E-state index in [0.717, 1.165) is 12.1 Å². The summed E-state index contributed by atoms with van der Waals surface area (Å²) in [5, 5.41) is 0. The minimum atomic E-state index is 0.947. The summed E-state index contributed by atoms with van der Waals surface area (Å²) in [4.78, 5) is 5.48. The summed E-state index contributed by atoms with van der Waals surface area (Å²) < 4.78 is 0. The van der Waals surface area contributed by atoms with Crippen molar-refractivity contribution in [2.75, 3.05) is 19.8 Å². The van der Waals surface area contributed by atoms with Gasteiger partial charge in [0.1, 0.15) is 0 Å². The van der Waals surface area contributed by atoms with Gasteiger partial charge in [0.15, 0.2) is 0 Å². The van der Waals surface area contributed by atoms with Crippen molar-refractivity contribution in [2.24, 2.45) is 0 Å². The minimum Gasteiger partial charge on any atom is -0.287 e. The van der Waals surface area contributed by atoms with E-state index < -0.39 is 0 Å². The van der Waals surface area contributed by atoms with Crippen LogP contribution in [0.1, 0.15) is 44.9 Å². The van der Waals surface area contributed by atoms with Crippen molar-refractivity contribution in [3.8, 4) is 0 Å². The summed E-state index contributed by atoms with van der Waals surface area (Å²) in [6.45, 7) is 4.02. The number of piperidine rings is 2. The van der Waals surface area contributed by atoms with Crippen LogP contribution in [0, 0.1) is 0 Å². The Bertz CT molecular complexity index is 162. The molecule has 0 N–H and O–H groups in total. The van der Waals surface area contributed by atoms with Crippen molar-refractivity contribution in [3.05, 3.63) is 0 Å². The van der Waals surface area contributed by atoms with Crippen molar-refractivity contribution >= 4 is 0 Å². The molecule has 0 aromatic carbocycles. The fourth-order valence-corrected chi connectivity index (χ4v) is 3.57. The lowest BCUT2D eigenvalue weighted by atomic mass is 9.89. The van der Waals surface area contributed by atoms with Crippen LogP contribution in [0.3, 0.4) is 0 Å². The van der Waals surface area contributed by atoms with Gasteiger partial charge in [0.2, 0.25) is 0 Å². The second-order valence-electron chi connectivity index (χ2n) is 5.30. The lowest BCUT2D eigenvalue weighted by Gasteiger charge is -2.50. The van der Waals surface area contributed by atoms with Crippen LogP contribution in [-0.4, -0.2) is 41.6 Å². The highest BCUT2D eigenvalue weighted by Crippen LogP contribution is 2.31. The van der Waals surface area contributed by atoms with Crippen molar-refractivity contribution in [1.82, 2.24) is 9.80 Å². The van der Waals surface area contributed by atoms with E-state index in [4.69, 9.17) is 0 Å². The van der Waals surface area contributed by atoms with Crippen LogP contribution in [0.15, 0.2) is 0 Å². The Balaban J connectivity index is 1.68. The molecule has 2 nitrogen and oxygen atoms in total. The van der Waals surface area contributed by atoms with Crippen LogP contribution in [-0.2, 0) is 0 Å². The summed E-state index contributed by atoms with van der Waals surface area (Å²) in [6, 6.07) is 1.89. The first-order chi connectivity index (χ1) is 6.93. The topological polar surface area (TPSA) is 6.48 Å². The molecular weight excluding hydrogens is 172 g/mol. The van der Waals surface area contributed by atoms with Gasteiger partial charge >= 0.3 is 0 Å². The molecule has 0 bridgehead atoms. The molecule has 0 aliphatic carbocycles. The number of fused-ring (bicyclic) bond motifs is 2. The van der Waals surface area contributed by atoms with Crippen LogP contribution in [0.25, 0.3) is 0 Å². The van der Waals surface area contributed by atoms with E-state index in [1.54, 1.807) is 0 Å². The molecule has 0 unspecified atom stereocenters. The van der Waals surface area contributed by atoms with Gasteiger partial charge in [-0.3, -0.25) is 9.80 Å². The van der Waals surface area contributed by atoms with E-state index in [2.05, 4.69) is 9.80 Å². The Hall–Kier alpha value is -0.0800. The van der Waals surface area contributed by atoms with Crippen LogP contribution in [0.5, 0.6) is 0 Å². The van der Waals surface area contributed by atoms with Gasteiger partial charge in [0.05, 0.1) is 6.67 Å². The quantitative estimate of drug-likeness (QED) is 0.582. The lowest BCUT2D eigenvalue weighted by molar-refractivity contribution is -0.0336. The molecule has 0 spiro atoms. The third-order valence-electron chi connectivity index (χ3n) is 4.41. The highest BCUT2D eigenvalue weighted by Gasteiger charge is 2.35. The molecule has 0 aromatic heterocycles. The fourth-order valence-electron chi connectivity index (χ4n) is 3.57. The Morgan fingerprint density at radius 3 is 1.86 bits per heavy atom. The van der Waals surface area contributed by atoms with Crippen LogP contribution >= 0.6 is 0 Å². The van der Waals surface area contributed by atoms with Gasteiger partial charge in [-0.05, 0) is 45.2 Å². The summed E-state index contributed by atoms with van der Waals surface area (Å²) >= 11 is 0. The largest absolute Gasteiger partial charge is 0.287 e. The third kappa shape index (κ3) is 1.59. The predicted molar refractivity (Wildman–Crippen MR) is 58.2 cm³/mol. The Kier molecular flexibility index (Phi) is 2.50. The van der Waals surface area contributed by atoms with E-state index in [1.165, 1.54) is 64.7 Å². The molecule has 0 amide bonds. The van der Waals surface area contributed by atoms with E-state index in [0.29, 0.717) is 0 Å². The van der Waals surface area contributed by atoms with Gasteiger partial charge in [-0.2, -0.15) is 0 Å². The van der Waals surface area contributed by atoms with Gasteiger partial charge in [-0.1, -0.05) is 12.8 Å². The van der Waals surface area contributed by atoms with E-state index in [1.807, 2.05) is 0 Å². The Labute approximate surface area is 87.3 Å².